The molecule has 110 valence electrons. The zero-order chi connectivity index (χ0) is 14.8. The summed E-state index contributed by atoms with van der Waals surface area (Å²) in [6.07, 6.45) is 3.43. The predicted octanol–water partition coefficient (Wildman–Crippen LogP) is 3.24. The van der Waals surface area contributed by atoms with Crippen LogP contribution in [0.5, 0.6) is 0 Å². The quantitative estimate of drug-likeness (QED) is 0.914. The van der Waals surface area contributed by atoms with E-state index >= 15 is 0 Å². The maximum atomic E-state index is 4.72. The van der Waals surface area contributed by atoms with Gasteiger partial charge in [-0.2, -0.15) is 0 Å². The highest BCUT2D eigenvalue weighted by Crippen LogP contribution is 2.21. The van der Waals surface area contributed by atoms with Gasteiger partial charge in [-0.3, -0.25) is 0 Å². The number of nitrogens with one attached hydrogen (secondary N) is 1. The summed E-state index contributed by atoms with van der Waals surface area (Å²) in [5, 5.41) is 3.55. The van der Waals surface area contributed by atoms with Crippen molar-refractivity contribution in [3.63, 3.8) is 0 Å². The number of aryl methyl sites for hydroxylation is 3. The van der Waals surface area contributed by atoms with Crippen LogP contribution in [0.3, 0.4) is 0 Å². The van der Waals surface area contributed by atoms with Gasteiger partial charge in [0.2, 0.25) is 0 Å². The summed E-state index contributed by atoms with van der Waals surface area (Å²) in [6, 6.07) is 9.17. The van der Waals surface area contributed by atoms with Gasteiger partial charge in [0.15, 0.2) is 0 Å². The maximum absolute atomic E-state index is 4.72. The van der Waals surface area contributed by atoms with Gasteiger partial charge in [0, 0.05) is 36.0 Å². The first-order valence-electron chi connectivity index (χ1n) is 7.74. The highest BCUT2D eigenvalue weighted by molar-refractivity contribution is 5.30. The zero-order valence-electron chi connectivity index (χ0n) is 13.1. The third kappa shape index (κ3) is 3.48. The van der Waals surface area contributed by atoms with E-state index in [1.807, 2.05) is 0 Å². The predicted molar refractivity (Wildman–Crippen MR) is 85.4 cm³/mol. The van der Waals surface area contributed by atoms with Gasteiger partial charge in [-0.05, 0) is 44.7 Å². The van der Waals surface area contributed by atoms with Gasteiger partial charge in [-0.15, -0.1) is 0 Å². The fraction of sp³-hybridized carbons (Fsp3) is 0.444. The Labute approximate surface area is 126 Å². The van der Waals surface area contributed by atoms with Gasteiger partial charge in [0.25, 0.3) is 0 Å². The normalized spacial score (nSPS) is 14.4. The Morgan fingerprint density at radius 2 is 1.71 bits per heavy atom. The molecule has 0 unspecified atom stereocenters. The maximum Gasteiger partial charge on any atom is 0.133 e. The van der Waals surface area contributed by atoms with Crippen LogP contribution in [0.25, 0.3) is 0 Å². The van der Waals surface area contributed by atoms with E-state index in [2.05, 4.69) is 50.4 Å². The summed E-state index contributed by atoms with van der Waals surface area (Å²) in [6.45, 7) is 7.23. The van der Waals surface area contributed by atoms with Crippen LogP contribution in [0.2, 0.25) is 0 Å². The molecule has 3 nitrogen and oxygen atoms in total. The zero-order valence-corrected chi connectivity index (χ0v) is 13.1. The Morgan fingerprint density at radius 3 is 2.33 bits per heavy atom. The number of rotatable bonds is 5. The Balaban J connectivity index is 1.79. The molecule has 3 rings (SSSR count). The minimum Gasteiger partial charge on any atom is -0.310 e. The molecule has 1 saturated carbocycles. The monoisotopic (exact) mass is 281 g/mol. The molecule has 0 atom stereocenters. The smallest absolute Gasteiger partial charge is 0.133 e. The molecular weight excluding hydrogens is 258 g/mol. The van der Waals surface area contributed by atoms with Crippen LogP contribution >= 0.6 is 0 Å². The highest BCUT2D eigenvalue weighted by atomic mass is 15.0. The molecule has 0 aliphatic heterocycles. The average Bonchev–Trinajstić information content (AvgIpc) is 3.25. The molecule has 0 amide bonds. The van der Waals surface area contributed by atoms with Gasteiger partial charge in [-0.1, -0.05) is 24.3 Å². The fourth-order valence-electron chi connectivity index (χ4n) is 2.66. The molecule has 2 aromatic rings. The second-order valence-electron chi connectivity index (χ2n) is 6.05. The van der Waals surface area contributed by atoms with Crippen molar-refractivity contribution < 1.29 is 0 Å². The molecule has 3 heteroatoms. The first-order chi connectivity index (χ1) is 10.1. The van der Waals surface area contributed by atoms with Crippen molar-refractivity contribution in [1.29, 1.82) is 0 Å². The van der Waals surface area contributed by atoms with Gasteiger partial charge < -0.3 is 5.32 Å². The van der Waals surface area contributed by atoms with E-state index in [0.29, 0.717) is 0 Å². The van der Waals surface area contributed by atoms with Gasteiger partial charge in [0.1, 0.15) is 5.82 Å². The molecule has 0 radical (unpaired) electrons. The topological polar surface area (TPSA) is 37.8 Å². The number of benzene rings is 1. The summed E-state index contributed by atoms with van der Waals surface area (Å²) in [5.74, 6) is 0.925. The number of nitrogens with zero attached hydrogens (tertiary/aromatic N) is 2. The van der Waals surface area contributed by atoms with Crippen molar-refractivity contribution in [3.8, 4) is 0 Å². The highest BCUT2D eigenvalue weighted by Gasteiger charge is 2.21. The Kier molecular flexibility index (Phi) is 4.02. The molecular formula is C18H23N3. The average molecular weight is 281 g/mol. The Morgan fingerprint density at radius 1 is 1.05 bits per heavy atom. The summed E-state index contributed by atoms with van der Waals surface area (Å²) in [7, 11) is 0. The third-order valence-electron chi connectivity index (χ3n) is 4.22. The number of hydrogen-bond acceptors (Lipinski definition) is 3. The van der Waals surface area contributed by atoms with Crippen molar-refractivity contribution in [2.45, 2.75) is 52.6 Å². The Bertz CT molecular complexity index is 622. The van der Waals surface area contributed by atoms with Gasteiger partial charge >= 0.3 is 0 Å². The van der Waals surface area contributed by atoms with E-state index in [4.69, 9.17) is 9.97 Å². The molecule has 0 bridgehead atoms. The lowest BCUT2D eigenvalue weighted by atomic mass is 10.1. The summed E-state index contributed by atoms with van der Waals surface area (Å²) < 4.78 is 0. The van der Waals surface area contributed by atoms with Crippen molar-refractivity contribution in [2.24, 2.45) is 0 Å². The van der Waals surface area contributed by atoms with Crippen molar-refractivity contribution in [3.05, 3.63) is 58.2 Å². The van der Waals surface area contributed by atoms with Crippen LogP contribution in [0, 0.1) is 20.8 Å². The van der Waals surface area contributed by atoms with Crippen LogP contribution in [0.1, 0.15) is 46.7 Å². The van der Waals surface area contributed by atoms with Crippen molar-refractivity contribution in [1.82, 2.24) is 15.3 Å². The van der Waals surface area contributed by atoms with E-state index in [1.54, 1.807) is 0 Å². The Hall–Kier alpha value is -1.74. The molecule has 1 fully saturated rings. The van der Waals surface area contributed by atoms with E-state index in [1.165, 1.54) is 29.5 Å². The molecule has 1 aliphatic rings. The summed E-state index contributed by atoms with van der Waals surface area (Å²) in [5.41, 5.74) is 6.09. The minimum absolute atomic E-state index is 0.718. The van der Waals surface area contributed by atoms with E-state index in [9.17, 15) is 0 Å². The fourth-order valence-corrected chi connectivity index (χ4v) is 2.66. The first kappa shape index (κ1) is 14.2. The largest absolute Gasteiger partial charge is 0.310 e. The molecule has 0 spiro atoms. The lowest BCUT2D eigenvalue weighted by Crippen LogP contribution is -2.18. The lowest BCUT2D eigenvalue weighted by molar-refractivity contribution is 0.672. The summed E-state index contributed by atoms with van der Waals surface area (Å²) >= 11 is 0. The van der Waals surface area contributed by atoms with E-state index < -0.39 is 0 Å². The first-order valence-corrected chi connectivity index (χ1v) is 7.74. The molecule has 21 heavy (non-hydrogen) atoms. The second kappa shape index (κ2) is 5.94. The van der Waals surface area contributed by atoms with E-state index in [0.717, 1.165) is 36.2 Å². The van der Waals surface area contributed by atoms with Crippen LogP contribution < -0.4 is 5.32 Å². The van der Waals surface area contributed by atoms with Gasteiger partial charge in [-0.25, -0.2) is 9.97 Å². The summed E-state index contributed by atoms with van der Waals surface area (Å²) in [4.78, 5) is 9.44. The van der Waals surface area contributed by atoms with Crippen LogP contribution in [0.15, 0.2) is 24.3 Å². The molecule has 1 aliphatic carbocycles. The van der Waals surface area contributed by atoms with Gasteiger partial charge in [0.05, 0.1) is 0 Å². The van der Waals surface area contributed by atoms with Crippen molar-refractivity contribution >= 4 is 0 Å². The third-order valence-corrected chi connectivity index (χ3v) is 4.22. The molecule has 1 N–H and O–H groups in total. The molecule has 1 aromatic heterocycles. The minimum atomic E-state index is 0.718. The standard InChI is InChI=1S/C18H23N3/c1-12-6-4-5-7-15(12)10-18-20-13(2)17(14(3)21-18)11-19-16-8-9-16/h4-7,16,19H,8-11H2,1-3H3. The molecule has 0 saturated heterocycles. The number of aromatic nitrogens is 2. The van der Waals surface area contributed by atoms with Crippen LogP contribution in [-0.4, -0.2) is 16.0 Å². The van der Waals surface area contributed by atoms with E-state index in [-0.39, 0.29) is 0 Å². The second-order valence-corrected chi connectivity index (χ2v) is 6.05. The lowest BCUT2D eigenvalue weighted by Gasteiger charge is -2.12. The molecule has 1 heterocycles. The van der Waals surface area contributed by atoms with Crippen molar-refractivity contribution in [2.75, 3.05) is 0 Å². The number of hydrogen-bond donors (Lipinski definition) is 1. The van der Waals surface area contributed by atoms with Crippen LogP contribution in [-0.2, 0) is 13.0 Å². The van der Waals surface area contributed by atoms with Crippen LogP contribution in [0.4, 0.5) is 0 Å². The molecule has 1 aromatic carbocycles. The SMILES string of the molecule is Cc1ccccc1Cc1nc(C)c(CNC2CC2)c(C)n1.